The molecule has 2 aromatic carbocycles. The molecular weight excluding hydrogens is 381 g/mol. The van der Waals surface area contributed by atoms with Crippen LogP contribution in [0.5, 0.6) is 0 Å². The fraction of sp³-hybridized carbons (Fsp3) is 0.150. The molecule has 0 fully saturated rings. The van der Waals surface area contributed by atoms with Gasteiger partial charge in [0.15, 0.2) is 10.7 Å². The van der Waals surface area contributed by atoms with E-state index in [1.54, 1.807) is 36.5 Å². The monoisotopic (exact) mass is 397 g/mol. The quantitative estimate of drug-likeness (QED) is 0.537. The Morgan fingerprint density at radius 3 is 2.79 bits per heavy atom. The van der Waals surface area contributed by atoms with E-state index in [0.29, 0.717) is 22.7 Å². The molecule has 8 heteroatoms. The van der Waals surface area contributed by atoms with Crippen molar-refractivity contribution in [3.05, 3.63) is 81.5 Å². The number of aromatic nitrogens is 2. The number of nitrogens with one attached hydrogen (secondary N) is 1. The first kappa shape index (κ1) is 18.1. The summed E-state index contributed by atoms with van der Waals surface area (Å²) < 4.78 is 19.6. The summed E-state index contributed by atoms with van der Waals surface area (Å²) in [6, 6.07) is 13.4. The smallest absolute Gasteiger partial charge is 0.408 e. The molecule has 2 heterocycles. The van der Waals surface area contributed by atoms with Crippen molar-refractivity contribution in [1.82, 2.24) is 9.55 Å². The molecular formula is C20H16FN3O3S. The number of rotatable bonds is 6. The van der Waals surface area contributed by atoms with Crippen LogP contribution in [0.15, 0.2) is 63.9 Å². The number of oxazole rings is 1. The fourth-order valence-electron chi connectivity index (χ4n) is 2.87. The summed E-state index contributed by atoms with van der Waals surface area (Å²) in [7, 11) is 0. The molecule has 0 saturated heterocycles. The van der Waals surface area contributed by atoms with Gasteiger partial charge in [-0.25, -0.2) is 14.2 Å². The van der Waals surface area contributed by atoms with E-state index in [4.69, 9.17) is 4.42 Å². The Hall–Kier alpha value is -3.26. The maximum absolute atomic E-state index is 13.0. The van der Waals surface area contributed by atoms with Gasteiger partial charge in [-0.3, -0.25) is 9.36 Å². The summed E-state index contributed by atoms with van der Waals surface area (Å²) in [5.74, 6) is -0.991. The molecule has 28 heavy (non-hydrogen) atoms. The van der Waals surface area contributed by atoms with Gasteiger partial charge in [-0.15, -0.1) is 11.3 Å². The van der Waals surface area contributed by atoms with E-state index in [0.717, 1.165) is 10.4 Å². The molecule has 0 aliphatic rings. The van der Waals surface area contributed by atoms with Gasteiger partial charge in [0.1, 0.15) is 5.82 Å². The van der Waals surface area contributed by atoms with E-state index in [1.807, 2.05) is 6.07 Å². The summed E-state index contributed by atoms with van der Waals surface area (Å²) in [5.41, 5.74) is 2.13. The second-order valence-electron chi connectivity index (χ2n) is 6.22. The zero-order chi connectivity index (χ0) is 19.5. The lowest BCUT2D eigenvalue weighted by atomic mass is 10.1. The topological polar surface area (TPSA) is 77.1 Å². The zero-order valence-corrected chi connectivity index (χ0v) is 15.5. The van der Waals surface area contributed by atoms with Crippen LogP contribution in [0, 0.1) is 5.82 Å². The van der Waals surface area contributed by atoms with Crippen molar-refractivity contribution in [2.75, 3.05) is 5.32 Å². The standard InChI is InChI=1S/C20H16FN3O3S/c21-14-7-5-13(6-8-14)11-15-12-22-19(28-15)23-18(25)9-10-24-16-3-1-2-4-17(16)27-20(24)26/h1-8,12H,9-11H2,(H,22,23,25). The number of benzene rings is 2. The molecule has 0 bridgehead atoms. The lowest BCUT2D eigenvalue weighted by Crippen LogP contribution is -2.19. The molecule has 4 aromatic rings. The second-order valence-corrected chi connectivity index (χ2v) is 7.34. The molecule has 6 nitrogen and oxygen atoms in total. The van der Waals surface area contributed by atoms with Crippen molar-refractivity contribution in [2.45, 2.75) is 19.4 Å². The van der Waals surface area contributed by atoms with Crippen LogP contribution in [0.4, 0.5) is 9.52 Å². The lowest BCUT2D eigenvalue weighted by Gasteiger charge is -2.03. The highest BCUT2D eigenvalue weighted by Gasteiger charge is 2.12. The molecule has 2 aromatic heterocycles. The first-order valence-corrected chi connectivity index (χ1v) is 9.47. The van der Waals surface area contributed by atoms with Crippen LogP contribution in [0.2, 0.25) is 0 Å². The minimum Gasteiger partial charge on any atom is -0.408 e. The molecule has 0 saturated carbocycles. The minimum absolute atomic E-state index is 0.121. The van der Waals surface area contributed by atoms with Gasteiger partial charge in [0.05, 0.1) is 5.52 Å². The summed E-state index contributed by atoms with van der Waals surface area (Å²) >= 11 is 1.37. The molecule has 0 aliphatic heterocycles. The predicted octanol–water partition coefficient (Wildman–Crippen LogP) is 3.81. The van der Waals surface area contributed by atoms with Crippen LogP contribution in [0.3, 0.4) is 0 Å². The van der Waals surface area contributed by atoms with E-state index in [2.05, 4.69) is 10.3 Å². The molecule has 142 valence electrons. The van der Waals surface area contributed by atoms with Gasteiger partial charge < -0.3 is 9.73 Å². The minimum atomic E-state index is -0.482. The van der Waals surface area contributed by atoms with Crippen LogP contribution >= 0.6 is 11.3 Å². The third kappa shape index (κ3) is 4.01. The van der Waals surface area contributed by atoms with Crippen LogP contribution < -0.4 is 11.1 Å². The Morgan fingerprint density at radius 1 is 1.18 bits per heavy atom. The summed E-state index contributed by atoms with van der Waals surface area (Å²) in [5, 5.41) is 3.24. The number of amides is 1. The normalized spacial score (nSPS) is 11.0. The van der Waals surface area contributed by atoms with Gasteiger partial charge in [-0.2, -0.15) is 0 Å². The van der Waals surface area contributed by atoms with Gasteiger partial charge >= 0.3 is 5.76 Å². The zero-order valence-electron chi connectivity index (χ0n) is 14.7. The number of carbonyl (C=O) groups excluding carboxylic acids is 1. The van der Waals surface area contributed by atoms with E-state index in [1.165, 1.54) is 28.0 Å². The van der Waals surface area contributed by atoms with Gasteiger partial charge in [-0.05, 0) is 29.8 Å². The lowest BCUT2D eigenvalue weighted by molar-refractivity contribution is -0.116. The Labute approximate surface area is 163 Å². The number of nitrogens with zero attached hydrogens (tertiary/aromatic N) is 2. The van der Waals surface area contributed by atoms with Crippen molar-refractivity contribution in [3.8, 4) is 0 Å². The summed E-state index contributed by atoms with van der Waals surface area (Å²) in [4.78, 5) is 29.3. The van der Waals surface area contributed by atoms with Gasteiger partial charge in [0, 0.05) is 30.5 Å². The van der Waals surface area contributed by atoms with E-state index >= 15 is 0 Å². The molecule has 0 atom stereocenters. The largest absolute Gasteiger partial charge is 0.419 e. The number of anilines is 1. The fourth-order valence-corrected chi connectivity index (χ4v) is 3.73. The van der Waals surface area contributed by atoms with Crippen LogP contribution in [0.1, 0.15) is 16.9 Å². The van der Waals surface area contributed by atoms with Crippen LogP contribution in [-0.4, -0.2) is 15.5 Å². The predicted molar refractivity (Wildman–Crippen MR) is 105 cm³/mol. The molecule has 1 amide bonds. The van der Waals surface area contributed by atoms with E-state index < -0.39 is 5.76 Å². The summed E-state index contributed by atoms with van der Waals surface area (Å²) in [6.07, 6.45) is 2.43. The highest BCUT2D eigenvalue weighted by atomic mass is 32.1. The number of hydrogen-bond donors (Lipinski definition) is 1. The number of carbonyl (C=O) groups is 1. The molecule has 0 spiro atoms. The number of halogens is 1. The Morgan fingerprint density at radius 2 is 1.96 bits per heavy atom. The summed E-state index contributed by atoms with van der Waals surface area (Å²) in [6.45, 7) is 0.218. The van der Waals surface area contributed by atoms with Gasteiger partial charge in [0.25, 0.3) is 0 Å². The van der Waals surface area contributed by atoms with Gasteiger partial charge in [-0.1, -0.05) is 24.3 Å². The Bertz CT molecular complexity index is 1180. The van der Waals surface area contributed by atoms with Crippen molar-refractivity contribution in [2.24, 2.45) is 0 Å². The maximum Gasteiger partial charge on any atom is 0.419 e. The molecule has 4 rings (SSSR count). The SMILES string of the molecule is O=C(CCn1c(=O)oc2ccccc21)Nc1ncc(Cc2ccc(F)cc2)s1. The highest BCUT2D eigenvalue weighted by Crippen LogP contribution is 2.21. The van der Waals surface area contributed by atoms with Crippen molar-refractivity contribution in [3.63, 3.8) is 0 Å². The van der Waals surface area contributed by atoms with Crippen molar-refractivity contribution in [1.29, 1.82) is 0 Å². The van der Waals surface area contributed by atoms with E-state index in [9.17, 15) is 14.0 Å². The number of fused-ring (bicyclic) bond motifs is 1. The highest BCUT2D eigenvalue weighted by molar-refractivity contribution is 7.15. The second kappa shape index (κ2) is 7.77. The van der Waals surface area contributed by atoms with Crippen LogP contribution in [0.25, 0.3) is 11.1 Å². The third-order valence-electron chi connectivity index (χ3n) is 4.23. The Kier molecular flexibility index (Phi) is 5.03. The average molecular weight is 397 g/mol. The number of aryl methyl sites for hydroxylation is 1. The number of hydrogen-bond acceptors (Lipinski definition) is 5. The maximum atomic E-state index is 13.0. The first-order chi connectivity index (χ1) is 13.6. The molecule has 1 N–H and O–H groups in total. The number of para-hydroxylation sites is 2. The van der Waals surface area contributed by atoms with Crippen molar-refractivity contribution < 1.29 is 13.6 Å². The molecule has 0 radical (unpaired) electrons. The van der Waals surface area contributed by atoms with Gasteiger partial charge in [0.2, 0.25) is 5.91 Å². The number of thiazole rings is 1. The Balaban J connectivity index is 1.36. The van der Waals surface area contributed by atoms with E-state index in [-0.39, 0.29) is 24.7 Å². The average Bonchev–Trinajstić information content (AvgIpc) is 3.25. The first-order valence-electron chi connectivity index (χ1n) is 8.66. The molecule has 0 aliphatic carbocycles. The van der Waals surface area contributed by atoms with Crippen molar-refractivity contribution >= 4 is 33.5 Å². The molecule has 0 unspecified atom stereocenters. The third-order valence-corrected chi connectivity index (χ3v) is 5.14. The van der Waals surface area contributed by atoms with Crippen LogP contribution in [-0.2, 0) is 17.8 Å².